The molecule has 0 radical (unpaired) electrons. The molecule has 0 amide bonds. The van der Waals surface area contributed by atoms with Crippen LogP contribution >= 0.6 is 0 Å². The van der Waals surface area contributed by atoms with Gasteiger partial charge in [0, 0.05) is 0 Å². The fourth-order valence-electron chi connectivity index (χ4n) is 1.03. The summed E-state index contributed by atoms with van der Waals surface area (Å²) in [6.07, 6.45) is 0.708. The molecule has 1 aromatic heterocycles. The Bertz CT molecular complexity index is 364. The first-order valence-corrected chi connectivity index (χ1v) is 3.30. The van der Waals surface area contributed by atoms with Gasteiger partial charge in [-0.1, -0.05) is 12.1 Å². The van der Waals surface area contributed by atoms with Gasteiger partial charge in [0.1, 0.15) is 0 Å². The smallest absolute Gasteiger partial charge is 0.336 e. The van der Waals surface area contributed by atoms with E-state index in [9.17, 15) is 4.79 Å². The first-order valence-electron chi connectivity index (χ1n) is 3.30. The van der Waals surface area contributed by atoms with Crippen molar-refractivity contribution < 1.29 is 6.22 Å². The van der Waals surface area contributed by atoms with Gasteiger partial charge in [-0.15, -0.1) is 0 Å². The summed E-state index contributed by atoms with van der Waals surface area (Å²) in [4.78, 5) is 17.2. The number of imidazole rings is 1. The second-order valence-electron chi connectivity index (χ2n) is 2.26. The van der Waals surface area contributed by atoms with E-state index in [0.717, 1.165) is 11.0 Å². The van der Waals surface area contributed by atoms with E-state index in [1.165, 1.54) is 0 Å². The minimum atomic E-state index is 0. The normalized spacial score (nSPS) is 10.2. The van der Waals surface area contributed by atoms with Gasteiger partial charge in [0.25, 0.3) is 0 Å². The lowest BCUT2D eigenvalue weighted by molar-refractivity contribution is 0.111. The maximum atomic E-state index is 10.3. The highest BCUT2D eigenvalue weighted by Crippen LogP contribution is 2.08. The van der Waals surface area contributed by atoms with E-state index in [2.05, 4.69) is 9.97 Å². The molecule has 2 rings (SSSR count). The number of para-hydroxylation sites is 2. The third-order valence-corrected chi connectivity index (χ3v) is 1.52. The van der Waals surface area contributed by atoms with Crippen LogP contribution in [-0.4, -0.2) is 16.3 Å². The van der Waals surface area contributed by atoms with Crippen LogP contribution in [0.25, 0.3) is 11.0 Å². The van der Waals surface area contributed by atoms with Crippen LogP contribution < -0.4 is 0 Å². The van der Waals surface area contributed by atoms with Crippen molar-refractivity contribution in [3.63, 3.8) is 0 Å². The monoisotopic (exact) mass is 147 g/mol. The van der Waals surface area contributed by atoms with E-state index in [4.69, 9.17) is 0 Å². The number of fused-ring (bicyclic) bond motifs is 1. The molecule has 0 fully saturated rings. The number of hydrogen-bond donors (Lipinski definition) is 1. The molecule has 3 nitrogen and oxygen atoms in total. The van der Waals surface area contributed by atoms with Crippen LogP contribution in [0.2, 0.25) is 0 Å². The standard InChI is InChI=1S/C8H6N2O/c11-5-8-9-6-3-1-2-4-7(6)10-8/h1-5H,(H,9,10)/p+1. The summed E-state index contributed by atoms with van der Waals surface area (Å²) in [5.74, 6) is 0.381. The Morgan fingerprint density at radius 3 is 3.00 bits per heavy atom. The quantitative estimate of drug-likeness (QED) is 0.621. The van der Waals surface area contributed by atoms with Crippen molar-refractivity contribution in [3.8, 4) is 0 Å². The molecule has 54 valence electrons. The van der Waals surface area contributed by atoms with Gasteiger partial charge in [-0.05, 0) is 12.1 Å². The zero-order chi connectivity index (χ0) is 7.68. The molecule has 0 aliphatic carbocycles. The van der Waals surface area contributed by atoms with Gasteiger partial charge in [0.2, 0.25) is 0 Å². The van der Waals surface area contributed by atoms with Crippen molar-refractivity contribution in [2.45, 2.75) is 0 Å². The van der Waals surface area contributed by atoms with Gasteiger partial charge in [-0.2, -0.15) is 0 Å². The second kappa shape index (κ2) is 2.20. The highest BCUT2D eigenvalue weighted by molar-refractivity contribution is 5.81. The number of nitrogens with zero attached hydrogens (tertiary/aromatic N) is 1. The average Bonchev–Trinajstić information content (AvgIpc) is 2.46. The summed E-state index contributed by atoms with van der Waals surface area (Å²) < 4.78 is 0. The van der Waals surface area contributed by atoms with E-state index in [-0.39, 0.29) is 1.43 Å². The minimum Gasteiger partial charge on any atom is -0.336 e. The lowest BCUT2D eigenvalue weighted by Gasteiger charge is -1.81. The number of nitrogens with one attached hydrogen (secondary N) is 1. The van der Waals surface area contributed by atoms with Gasteiger partial charge in [-0.3, -0.25) is 4.79 Å². The molecular weight excluding hydrogens is 140 g/mol. The van der Waals surface area contributed by atoms with Gasteiger partial charge < -0.3 is 4.98 Å². The summed E-state index contributed by atoms with van der Waals surface area (Å²) in [7, 11) is 0. The van der Waals surface area contributed by atoms with Crippen molar-refractivity contribution >= 4 is 17.3 Å². The number of aldehydes is 1. The molecule has 3 heteroatoms. The summed E-state index contributed by atoms with van der Waals surface area (Å²) >= 11 is 0. The van der Waals surface area contributed by atoms with E-state index < -0.39 is 0 Å². The van der Waals surface area contributed by atoms with Gasteiger partial charge in [-0.25, -0.2) is 4.98 Å². The molecule has 1 heterocycles. The van der Waals surface area contributed by atoms with Crippen LogP contribution in [0.15, 0.2) is 24.3 Å². The van der Waals surface area contributed by atoms with Crippen LogP contribution in [-0.2, 0) is 0 Å². The summed E-state index contributed by atoms with van der Waals surface area (Å²) in [6.45, 7) is 0. The minimum absolute atomic E-state index is 0. The summed E-state index contributed by atoms with van der Waals surface area (Å²) in [6, 6.07) is 7.53. The molecule has 0 spiro atoms. The molecule has 0 aliphatic heterocycles. The zero-order valence-corrected chi connectivity index (χ0v) is 5.74. The first kappa shape index (κ1) is 6.09. The SMILES string of the molecule is O=Cc1nc2ccccc2[nH]1.[H+]. The number of carbonyl (C=O) groups excluding carboxylic acids is 1. The van der Waals surface area contributed by atoms with E-state index in [0.29, 0.717) is 12.1 Å². The van der Waals surface area contributed by atoms with Gasteiger partial charge >= 0.3 is 1.43 Å². The van der Waals surface area contributed by atoms with Crippen molar-refractivity contribution in [3.05, 3.63) is 30.1 Å². The Balaban J connectivity index is 0.000000720. The maximum absolute atomic E-state index is 10.3. The fourth-order valence-corrected chi connectivity index (χ4v) is 1.03. The summed E-state index contributed by atoms with van der Waals surface area (Å²) in [5.41, 5.74) is 1.73. The number of aromatic nitrogens is 2. The largest absolute Gasteiger partial charge is 1.00 e. The molecule has 1 aromatic carbocycles. The zero-order valence-electron chi connectivity index (χ0n) is 6.74. The number of hydrogen-bond acceptors (Lipinski definition) is 2. The highest BCUT2D eigenvalue weighted by Gasteiger charge is 1.97. The molecule has 0 saturated carbocycles. The molecule has 0 bridgehead atoms. The van der Waals surface area contributed by atoms with Gasteiger partial charge in [0.05, 0.1) is 11.0 Å². The first-order chi connectivity index (χ1) is 5.40. The Morgan fingerprint density at radius 1 is 1.45 bits per heavy atom. The van der Waals surface area contributed by atoms with Crippen LogP contribution in [0.4, 0.5) is 0 Å². The van der Waals surface area contributed by atoms with Crippen molar-refractivity contribution in [1.82, 2.24) is 9.97 Å². The summed E-state index contributed by atoms with van der Waals surface area (Å²) in [5, 5.41) is 0. The van der Waals surface area contributed by atoms with Crippen molar-refractivity contribution in [2.24, 2.45) is 0 Å². The Kier molecular flexibility index (Phi) is 1.22. The lowest BCUT2D eigenvalue weighted by atomic mass is 10.3. The molecular formula is C8H7N2O+. The number of rotatable bonds is 1. The van der Waals surface area contributed by atoms with Crippen molar-refractivity contribution in [1.29, 1.82) is 0 Å². The van der Waals surface area contributed by atoms with E-state index >= 15 is 0 Å². The average molecular weight is 147 g/mol. The van der Waals surface area contributed by atoms with Crippen molar-refractivity contribution in [2.75, 3.05) is 0 Å². The molecule has 0 unspecified atom stereocenters. The predicted octanol–water partition coefficient (Wildman–Crippen LogP) is 1.49. The molecule has 1 N–H and O–H groups in total. The molecule has 11 heavy (non-hydrogen) atoms. The highest BCUT2D eigenvalue weighted by atomic mass is 16.1. The third kappa shape index (κ3) is 0.902. The van der Waals surface area contributed by atoms with E-state index in [1.807, 2.05) is 24.3 Å². The lowest BCUT2D eigenvalue weighted by Crippen LogP contribution is -1.78. The molecule has 2 aromatic rings. The number of benzene rings is 1. The number of H-pyrrole nitrogens is 1. The topological polar surface area (TPSA) is 45.8 Å². The Morgan fingerprint density at radius 2 is 2.27 bits per heavy atom. The second-order valence-corrected chi connectivity index (χ2v) is 2.26. The Hall–Kier alpha value is -1.64. The fraction of sp³-hybridized carbons (Fsp3) is 0. The van der Waals surface area contributed by atoms with Crippen LogP contribution in [0.5, 0.6) is 0 Å². The molecule has 0 saturated heterocycles. The van der Waals surface area contributed by atoms with E-state index in [1.54, 1.807) is 0 Å². The maximum Gasteiger partial charge on any atom is 1.00 e. The van der Waals surface area contributed by atoms with Crippen LogP contribution in [0.1, 0.15) is 12.0 Å². The van der Waals surface area contributed by atoms with Crippen LogP contribution in [0.3, 0.4) is 0 Å². The van der Waals surface area contributed by atoms with Gasteiger partial charge in [0.15, 0.2) is 12.1 Å². The predicted molar refractivity (Wildman–Crippen MR) is 42.6 cm³/mol. The third-order valence-electron chi connectivity index (χ3n) is 1.52. The van der Waals surface area contributed by atoms with Crippen LogP contribution in [0, 0.1) is 0 Å². The number of aromatic amines is 1. The molecule has 0 aliphatic rings. The molecule has 0 atom stereocenters. The number of carbonyl (C=O) groups is 1. The Labute approximate surface area is 64.6 Å².